The van der Waals surface area contributed by atoms with Gasteiger partial charge in [-0.3, -0.25) is 0 Å². The van der Waals surface area contributed by atoms with Gasteiger partial charge < -0.3 is 14.2 Å². The van der Waals surface area contributed by atoms with Crippen molar-refractivity contribution < 1.29 is 14.2 Å². The molecule has 3 heteroatoms. The molecule has 0 saturated heterocycles. The molecule has 3 nitrogen and oxygen atoms in total. The van der Waals surface area contributed by atoms with Crippen LogP contribution in [-0.2, 0) is 4.74 Å². The molecule has 0 radical (unpaired) electrons. The third-order valence-corrected chi connectivity index (χ3v) is 2.98. The van der Waals surface area contributed by atoms with Crippen LogP contribution in [0.1, 0.15) is 32.3 Å². The minimum Gasteiger partial charge on any atom is -0.454 e. The highest BCUT2D eigenvalue weighted by molar-refractivity contribution is 5.56. The first-order chi connectivity index (χ1) is 9.25. The minimum absolute atomic E-state index is 0.326. The number of hydrogen-bond acceptors (Lipinski definition) is 3. The number of ether oxygens (including phenoxy) is 3. The molecular weight excluding hydrogens is 240 g/mol. The Kier molecular flexibility index (Phi) is 5.28. The predicted octanol–water partition coefficient (Wildman–Crippen LogP) is 3.88. The van der Waals surface area contributed by atoms with Crippen LogP contribution in [0, 0.1) is 5.92 Å². The summed E-state index contributed by atoms with van der Waals surface area (Å²) in [7, 11) is 0. The average molecular weight is 262 g/mol. The summed E-state index contributed by atoms with van der Waals surface area (Å²) in [6, 6.07) is 5.98. The van der Waals surface area contributed by atoms with Gasteiger partial charge in [0.05, 0.1) is 6.61 Å². The zero-order chi connectivity index (χ0) is 13.5. The zero-order valence-corrected chi connectivity index (χ0v) is 11.7. The Morgan fingerprint density at radius 3 is 2.89 bits per heavy atom. The van der Waals surface area contributed by atoms with Crippen molar-refractivity contribution in [1.82, 2.24) is 0 Å². The lowest BCUT2D eigenvalue weighted by Crippen LogP contribution is -1.99. The van der Waals surface area contributed by atoms with Crippen LogP contribution in [0.25, 0.3) is 6.08 Å². The molecule has 0 bridgehead atoms. The number of hydrogen-bond donors (Lipinski definition) is 0. The van der Waals surface area contributed by atoms with Crippen LogP contribution < -0.4 is 9.47 Å². The van der Waals surface area contributed by atoms with E-state index in [4.69, 9.17) is 14.2 Å². The molecule has 0 fully saturated rings. The minimum atomic E-state index is 0.326. The lowest BCUT2D eigenvalue weighted by Gasteiger charge is -2.04. The molecule has 0 amide bonds. The van der Waals surface area contributed by atoms with Crippen molar-refractivity contribution in [2.24, 2.45) is 5.92 Å². The second kappa shape index (κ2) is 7.19. The zero-order valence-electron chi connectivity index (χ0n) is 11.7. The molecule has 2 rings (SSSR count). The molecule has 1 aromatic carbocycles. The molecule has 0 N–H and O–H groups in total. The Morgan fingerprint density at radius 1 is 1.21 bits per heavy atom. The number of benzene rings is 1. The lowest BCUT2D eigenvalue weighted by molar-refractivity contribution is 0.128. The first kappa shape index (κ1) is 13.9. The third kappa shape index (κ3) is 4.60. The predicted molar refractivity (Wildman–Crippen MR) is 76.5 cm³/mol. The summed E-state index contributed by atoms with van der Waals surface area (Å²) in [5.41, 5.74) is 1.13. The van der Waals surface area contributed by atoms with Crippen molar-refractivity contribution in [3.8, 4) is 11.5 Å². The van der Waals surface area contributed by atoms with Crippen LogP contribution in [0.2, 0.25) is 0 Å². The molecule has 1 heterocycles. The first-order valence-corrected chi connectivity index (χ1v) is 6.89. The Balaban J connectivity index is 1.68. The molecule has 1 aromatic rings. The van der Waals surface area contributed by atoms with Crippen LogP contribution in [0.5, 0.6) is 11.5 Å². The van der Waals surface area contributed by atoms with Crippen molar-refractivity contribution in [1.29, 1.82) is 0 Å². The Labute approximate surface area is 115 Å². The average Bonchev–Trinajstić information content (AvgIpc) is 2.84. The molecule has 0 unspecified atom stereocenters. The first-order valence-electron chi connectivity index (χ1n) is 6.89. The summed E-state index contributed by atoms with van der Waals surface area (Å²) in [4.78, 5) is 0. The van der Waals surface area contributed by atoms with Crippen molar-refractivity contribution in [2.75, 3.05) is 20.0 Å². The van der Waals surface area contributed by atoms with E-state index in [9.17, 15) is 0 Å². The lowest BCUT2D eigenvalue weighted by atomic mass is 10.1. The maximum absolute atomic E-state index is 5.56. The summed E-state index contributed by atoms with van der Waals surface area (Å²) in [6.45, 7) is 6.39. The van der Waals surface area contributed by atoms with Gasteiger partial charge in [0, 0.05) is 6.61 Å². The normalized spacial score (nSPS) is 13.6. The molecule has 104 valence electrons. The smallest absolute Gasteiger partial charge is 0.231 e. The van der Waals surface area contributed by atoms with Crippen LogP contribution in [-0.4, -0.2) is 20.0 Å². The molecule has 0 spiro atoms. The molecule has 1 aliphatic heterocycles. The fourth-order valence-corrected chi connectivity index (χ4v) is 1.81. The Hall–Kier alpha value is -1.48. The van der Waals surface area contributed by atoms with Gasteiger partial charge in [0.2, 0.25) is 6.79 Å². The van der Waals surface area contributed by atoms with E-state index >= 15 is 0 Å². The fourth-order valence-electron chi connectivity index (χ4n) is 1.81. The van der Waals surface area contributed by atoms with E-state index in [0.717, 1.165) is 43.1 Å². The second-order valence-corrected chi connectivity index (χ2v) is 5.10. The molecule has 0 aromatic heterocycles. The molecule has 1 aliphatic rings. The van der Waals surface area contributed by atoms with E-state index in [1.165, 1.54) is 0 Å². The van der Waals surface area contributed by atoms with Gasteiger partial charge in [0.1, 0.15) is 0 Å². The maximum atomic E-state index is 5.56. The molecule has 0 atom stereocenters. The van der Waals surface area contributed by atoms with Gasteiger partial charge in [-0.05, 0) is 36.5 Å². The summed E-state index contributed by atoms with van der Waals surface area (Å²) < 4.78 is 16.2. The summed E-state index contributed by atoms with van der Waals surface area (Å²) in [5.74, 6) is 2.37. The van der Waals surface area contributed by atoms with Crippen LogP contribution in [0.4, 0.5) is 0 Å². The maximum Gasteiger partial charge on any atom is 0.231 e. The summed E-state index contributed by atoms with van der Waals surface area (Å²) >= 11 is 0. The molecular formula is C16H22O3. The molecule has 19 heavy (non-hydrogen) atoms. The van der Waals surface area contributed by atoms with Crippen molar-refractivity contribution in [2.45, 2.75) is 26.7 Å². The number of rotatable bonds is 7. The topological polar surface area (TPSA) is 27.7 Å². The number of fused-ring (bicyclic) bond motifs is 1. The largest absolute Gasteiger partial charge is 0.454 e. The van der Waals surface area contributed by atoms with Gasteiger partial charge in [-0.1, -0.05) is 32.1 Å². The van der Waals surface area contributed by atoms with E-state index < -0.39 is 0 Å². The van der Waals surface area contributed by atoms with Crippen molar-refractivity contribution in [3.63, 3.8) is 0 Å². The van der Waals surface area contributed by atoms with E-state index in [2.05, 4.69) is 26.0 Å². The summed E-state index contributed by atoms with van der Waals surface area (Å²) in [5, 5.41) is 0. The summed E-state index contributed by atoms with van der Waals surface area (Å²) in [6.07, 6.45) is 6.29. The molecule has 0 saturated carbocycles. The SMILES string of the molecule is CC(C)CCOCCC=Cc1ccc2c(c1)OCO2. The van der Waals surface area contributed by atoms with Gasteiger partial charge in [0.15, 0.2) is 11.5 Å². The van der Waals surface area contributed by atoms with Gasteiger partial charge >= 0.3 is 0 Å². The van der Waals surface area contributed by atoms with Gasteiger partial charge in [-0.15, -0.1) is 0 Å². The van der Waals surface area contributed by atoms with Crippen LogP contribution in [0.15, 0.2) is 24.3 Å². The second-order valence-electron chi connectivity index (χ2n) is 5.10. The van der Waals surface area contributed by atoms with E-state index in [-0.39, 0.29) is 0 Å². The monoisotopic (exact) mass is 262 g/mol. The van der Waals surface area contributed by atoms with E-state index in [1.807, 2.05) is 18.2 Å². The van der Waals surface area contributed by atoms with Crippen molar-refractivity contribution in [3.05, 3.63) is 29.8 Å². The standard InChI is InChI=1S/C16H22O3/c1-13(2)8-10-17-9-4-3-5-14-6-7-15-16(11-14)19-12-18-15/h3,5-7,11,13H,4,8-10,12H2,1-2H3. The third-order valence-electron chi connectivity index (χ3n) is 2.98. The van der Waals surface area contributed by atoms with Crippen LogP contribution >= 0.6 is 0 Å². The van der Waals surface area contributed by atoms with Gasteiger partial charge in [-0.25, -0.2) is 0 Å². The fraction of sp³-hybridized carbons (Fsp3) is 0.500. The molecule has 0 aliphatic carbocycles. The highest BCUT2D eigenvalue weighted by Gasteiger charge is 2.11. The quantitative estimate of drug-likeness (QED) is 0.698. The van der Waals surface area contributed by atoms with Crippen molar-refractivity contribution >= 4 is 6.08 Å². The highest BCUT2D eigenvalue weighted by Crippen LogP contribution is 2.32. The van der Waals surface area contributed by atoms with E-state index in [1.54, 1.807) is 0 Å². The Bertz CT molecular complexity index is 424. The Morgan fingerprint density at radius 2 is 2.05 bits per heavy atom. The van der Waals surface area contributed by atoms with Gasteiger partial charge in [0.25, 0.3) is 0 Å². The van der Waals surface area contributed by atoms with Crippen LogP contribution in [0.3, 0.4) is 0 Å². The van der Waals surface area contributed by atoms with E-state index in [0.29, 0.717) is 12.7 Å². The van der Waals surface area contributed by atoms with Gasteiger partial charge in [-0.2, -0.15) is 0 Å². The highest BCUT2D eigenvalue weighted by atomic mass is 16.7.